The fourth-order valence-corrected chi connectivity index (χ4v) is 2.59. The van der Waals surface area contributed by atoms with Crippen LogP contribution in [0.25, 0.3) is 0 Å². The fraction of sp³-hybridized carbons (Fsp3) is 0.765. The zero-order chi connectivity index (χ0) is 14.5. The van der Waals surface area contributed by atoms with E-state index < -0.39 is 0 Å². The summed E-state index contributed by atoms with van der Waals surface area (Å²) in [5.74, 6) is 0. The molecule has 0 aliphatic heterocycles. The molecule has 114 valence electrons. The van der Waals surface area contributed by atoms with E-state index in [2.05, 4.69) is 22.2 Å². The number of aromatic nitrogens is 2. The zero-order valence-corrected chi connectivity index (χ0v) is 13.3. The van der Waals surface area contributed by atoms with Gasteiger partial charge in [0.1, 0.15) is 0 Å². The quantitative estimate of drug-likeness (QED) is 0.565. The molecule has 0 aromatic carbocycles. The SMILES string of the molecule is CCCCCCCCCCCC(NC)c1cnccn1. The van der Waals surface area contributed by atoms with E-state index in [1.807, 2.05) is 13.2 Å². The van der Waals surface area contributed by atoms with Gasteiger partial charge in [-0.05, 0) is 13.5 Å². The summed E-state index contributed by atoms with van der Waals surface area (Å²) in [5, 5.41) is 3.34. The van der Waals surface area contributed by atoms with Crippen molar-refractivity contribution in [1.82, 2.24) is 15.3 Å². The number of hydrogen-bond donors (Lipinski definition) is 1. The lowest BCUT2D eigenvalue weighted by atomic mass is 10.0. The minimum absolute atomic E-state index is 0.355. The molecule has 1 atom stereocenters. The van der Waals surface area contributed by atoms with E-state index in [-0.39, 0.29) is 0 Å². The van der Waals surface area contributed by atoms with Crippen LogP contribution in [0.5, 0.6) is 0 Å². The van der Waals surface area contributed by atoms with Crippen molar-refractivity contribution in [2.45, 2.75) is 77.2 Å². The first-order valence-corrected chi connectivity index (χ1v) is 8.31. The van der Waals surface area contributed by atoms with Crippen LogP contribution in [0, 0.1) is 0 Å². The normalized spacial score (nSPS) is 12.5. The molecule has 0 spiro atoms. The summed E-state index contributed by atoms with van der Waals surface area (Å²) in [6.07, 6.45) is 18.9. The molecule has 0 saturated carbocycles. The predicted molar refractivity (Wildman–Crippen MR) is 85.7 cm³/mol. The Bertz CT molecular complexity index is 313. The first-order valence-electron chi connectivity index (χ1n) is 8.31. The first kappa shape index (κ1) is 17.1. The van der Waals surface area contributed by atoms with Gasteiger partial charge in [-0.15, -0.1) is 0 Å². The van der Waals surface area contributed by atoms with Crippen molar-refractivity contribution < 1.29 is 0 Å². The Balaban J connectivity index is 2.02. The third kappa shape index (κ3) is 7.59. The van der Waals surface area contributed by atoms with Crippen molar-refractivity contribution >= 4 is 0 Å². The Morgan fingerprint density at radius 2 is 1.60 bits per heavy atom. The second-order valence-electron chi connectivity index (χ2n) is 5.59. The highest BCUT2D eigenvalue weighted by Gasteiger charge is 2.09. The minimum Gasteiger partial charge on any atom is -0.312 e. The zero-order valence-electron chi connectivity index (χ0n) is 13.3. The van der Waals surface area contributed by atoms with Crippen molar-refractivity contribution in [3.05, 3.63) is 24.3 Å². The molecule has 3 nitrogen and oxygen atoms in total. The van der Waals surface area contributed by atoms with Crippen LogP contribution in [0.2, 0.25) is 0 Å². The van der Waals surface area contributed by atoms with Crippen molar-refractivity contribution in [2.24, 2.45) is 0 Å². The monoisotopic (exact) mass is 277 g/mol. The molecule has 1 N–H and O–H groups in total. The van der Waals surface area contributed by atoms with Gasteiger partial charge in [0.25, 0.3) is 0 Å². The largest absolute Gasteiger partial charge is 0.312 e. The third-order valence-corrected chi connectivity index (χ3v) is 3.88. The molecule has 20 heavy (non-hydrogen) atoms. The molecule has 0 bridgehead atoms. The highest BCUT2D eigenvalue weighted by atomic mass is 14.9. The summed E-state index contributed by atoms with van der Waals surface area (Å²) in [5.41, 5.74) is 1.06. The van der Waals surface area contributed by atoms with Gasteiger partial charge in [-0.2, -0.15) is 0 Å². The molecule has 1 unspecified atom stereocenters. The molecule has 0 aliphatic rings. The predicted octanol–water partition coefficient (Wildman–Crippen LogP) is 4.66. The number of unbranched alkanes of at least 4 members (excludes halogenated alkanes) is 8. The molecule has 0 fully saturated rings. The molecule has 1 rings (SSSR count). The maximum atomic E-state index is 4.38. The van der Waals surface area contributed by atoms with Crippen LogP contribution in [0.3, 0.4) is 0 Å². The van der Waals surface area contributed by atoms with Crippen molar-refractivity contribution in [3.63, 3.8) is 0 Å². The standard InChI is InChI=1S/C17H31N3/c1-3-4-5-6-7-8-9-10-11-12-16(18-2)17-15-19-13-14-20-17/h13-16,18H,3-12H2,1-2H3. The summed E-state index contributed by atoms with van der Waals surface area (Å²) in [4.78, 5) is 8.53. The summed E-state index contributed by atoms with van der Waals surface area (Å²) in [7, 11) is 2.01. The van der Waals surface area contributed by atoms with Gasteiger partial charge in [0, 0.05) is 18.6 Å². The Morgan fingerprint density at radius 3 is 2.15 bits per heavy atom. The minimum atomic E-state index is 0.355. The van der Waals surface area contributed by atoms with Gasteiger partial charge in [-0.1, -0.05) is 64.7 Å². The second kappa shape index (κ2) is 11.8. The number of rotatable bonds is 12. The molecule has 0 radical (unpaired) electrons. The number of nitrogens with one attached hydrogen (secondary N) is 1. The second-order valence-corrected chi connectivity index (χ2v) is 5.59. The molecule has 1 aromatic heterocycles. The van der Waals surface area contributed by atoms with Gasteiger partial charge in [0.2, 0.25) is 0 Å². The summed E-state index contributed by atoms with van der Waals surface area (Å²) in [6.45, 7) is 2.27. The summed E-state index contributed by atoms with van der Waals surface area (Å²) >= 11 is 0. The van der Waals surface area contributed by atoms with Crippen molar-refractivity contribution in [1.29, 1.82) is 0 Å². The Morgan fingerprint density at radius 1 is 0.950 bits per heavy atom. The van der Waals surface area contributed by atoms with Crippen LogP contribution in [0.1, 0.15) is 82.9 Å². The van der Waals surface area contributed by atoms with Gasteiger partial charge in [0.05, 0.1) is 11.7 Å². The first-order chi connectivity index (χ1) is 9.88. The van der Waals surface area contributed by atoms with Gasteiger partial charge in [-0.25, -0.2) is 0 Å². The molecule has 1 aromatic rings. The Labute approximate surface area is 124 Å². The van der Waals surface area contributed by atoms with E-state index in [0.29, 0.717) is 6.04 Å². The number of nitrogens with zero attached hydrogens (tertiary/aromatic N) is 2. The highest BCUT2D eigenvalue weighted by molar-refractivity contribution is 5.01. The lowest BCUT2D eigenvalue weighted by molar-refractivity contribution is 0.484. The van der Waals surface area contributed by atoms with Crippen LogP contribution >= 0.6 is 0 Å². The average Bonchev–Trinajstić information content (AvgIpc) is 2.50. The average molecular weight is 277 g/mol. The Kier molecular flexibility index (Phi) is 10.1. The maximum Gasteiger partial charge on any atom is 0.0755 e. The molecule has 0 aliphatic carbocycles. The molecular formula is C17H31N3. The van der Waals surface area contributed by atoms with E-state index in [0.717, 1.165) is 12.1 Å². The molecule has 1 heterocycles. The smallest absolute Gasteiger partial charge is 0.0755 e. The van der Waals surface area contributed by atoms with E-state index in [4.69, 9.17) is 0 Å². The number of hydrogen-bond acceptors (Lipinski definition) is 3. The summed E-state index contributed by atoms with van der Waals surface area (Å²) < 4.78 is 0. The van der Waals surface area contributed by atoms with Crippen LogP contribution in [0.4, 0.5) is 0 Å². The molecule has 0 saturated heterocycles. The topological polar surface area (TPSA) is 37.8 Å². The van der Waals surface area contributed by atoms with Crippen molar-refractivity contribution in [2.75, 3.05) is 7.05 Å². The fourth-order valence-electron chi connectivity index (χ4n) is 2.59. The van der Waals surface area contributed by atoms with E-state index in [9.17, 15) is 0 Å². The highest BCUT2D eigenvalue weighted by Crippen LogP contribution is 2.17. The Hall–Kier alpha value is -0.960. The molecule has 3 heteroatoms. The molecular weight excluding hydrogens is 246 g/mol. The van der Waals surface area contributed by atoms with E-state index >= 15 is 0 Å². The maximum absolute atomic E-state index is 4.38. The van der Waals surface area contributed by atoms with Crippen LogP contribution < -0.4 is 5.32 Å². The van der Waals surface area contributed by atoms with Gasteiger partial charge in [-0.3, -0.25) is 9.97 Å². The lowest BCUT2D eigenvalue weighted by Gasteiger charge is -2.14. The lowest BCUT2D eigenvalue weighted by Crippen LogP contribution is -2.17. The van der Waals surface area contributed by atoms with Crippen molar-refractivity contribution in [3.8, 4) is 0 Å². The van der Waals surface area contributed by atoms with E-state index in [1.54, 1.807) is 12.4 Å². The van der Waals surface area contributed by atoms with Gasteiger partial charge < -0.3 is 5.32 Å². The van der Waals surface area contributed by atoms with Gasteiger partial charge in [0.15, 0.2) is 0 Å². The summed E-state index contributed by atoms with van der Waals surface area (Å²) in [6, 6.07) is 0.355. The van der Waals surface area contributed by atoms with Crippen LogP contribution in [-0.2, 0) is 0 Å². The van der Waals surface area contributed by atoms with Crippen LogP contribution in [0.15, 0.2) is 18.6 Å². The molecule has 0 amide bonds. The van der Waals surface area contributed by atoms with E-state index in [1.165, 1.54) is 57.8 Å². The van der Waals surface area contributed by atoms with Gasteiger partial charge >= 0.3 is 0 Å². The third-order valence-electron chi connectivity index (χ3n) is 3.88. The van der Waals surface area contributed by atoms with Crippen LogP contribution in [-0.4, -0.2) is 17.0 Å².